The summed E-state index contributed by atoms with van der Waals surface area (Å²) in [5.74, 6) is 0.0873. The number of rotatable bonds is 3. The Morgan fingerprint density at radius 2 is 2.09 bits per heavy atom. The summed E-state index contributed by atoms with van der Waals surface area (Å²) in [6.45, 7) is 4.50. The first-order chi connectivity index (χ1) is 15.9. The van der Waals surface area contributed by atoms with Gasteiger partial charge in [-0.05, 0) is 44.0 Å². The van der Waals surface area contributed by atoms with Gasteiger partial charge in [0, 0.05) is 35.1 Å². The molecule has 3 aliphatic heterocycles. The first-order valence-electron chi connectivity index (χ1n) is 11.4. The Hall–Kier alpha value is -3.23. The Morgan fingerprint density at radius 3 is 2.88 bits per heavy atom. The number of aromatic nitrogens is 2. The molecular formula is C25H24N2O6. The van der Waals surface area contributed by atoms with Crippen molar-refractivity contribution in [2.45, 2.75) is 58.2 Å². The lowest BCUT2D eigenvalue weighted by atomic mass is 9.86. The Labute approximate surface area is 189 Å². The van der Waals surface area contributed by atoms with Crippen molar-refractivity contribution in [3.8, 4) is 17.1 Å². The summed E-state index contributed by atoms with van der Waals surface area (Å²) in [5, 5.41) is 12.0. The molecule has 1 unspecified atom stereocenters. The molecule has 3 aliphatic rings. The van der Waals surface area contributed by atoms with Crippen LogP contribution in [0.5, 0.6) is 5.75 Å². The number of ether oxygens (including phenoxy) is 3. The van der Waals surface area contributed by atoms with Crippen LogP contribution in [0.2, 0.25) is 0 Å². The third kappa shape index (κ3) is 2.80. The summed E-state index contributed by atoms with van der Waals surface area (Å²) in [5.41, 5.74) is 2.72. The molecule has 0 bridgehead atoms. The summed E-state index contributed by atoms with van der Waals surface area (Å²) in [6.07, 6.45) is 1.47. The van der Waals surface area contributed by atoms with E-state index in [0.29, 0.717) is 35.7 Å². The third-order valence-electron chi connectivity index (χ3n) is 7.00. The number of fused-ring (bicyclic) bond motifs is 7. The Kier molecular flexibility index (Phi) is 4.41. The van der Waals surface area contributed by atoms with Crippen LogP contribution in [0.15, 0.2) is 29.1 Å². The van der Waals surface area contributed by atoms with Gasteiger partial charge in [-0.3, -0.25) is 4.79 Å². The Bertz CT molecular complexity index is 1390. The zero-order valence-electron chi connectivity index (χ0n) is 18.5. The van der Waals surface area contributed by atoms with E-state index in [-0.39, 0.29) is 24.9 Å². The summed E-state index contributed by atoms with van der Waals surface area (Å²) in [7, 11) is 0. The van der Waals surface area contributed by atoms with Gasteiger partial charge in [-0.1, -0.05) is 6.92 Å². The zero-order valence-corrected chi connectivity index (χ0v) is 18.5. The zero-order chi connectivity index (χ0) is 22.9. The number of hydrogen-bond acceptors (Lipinski definition) is 7. The molecule has 0 radical (unpaired) electrons. The van der Waals surface area contributed by atoms with Gasteiger partial charge in [-0.2, -0.15) is 0 Å². The molecule has 33 heavy (non-hydrogen) atoms. The van der Waals surface area contributed by atoms with Gasteiger partial charge in [-0.15, -0.1) is 0 Å². The van der Waals surface area contributed by atoms with Crippen molar-refractivity contribution < 1.29 is 24.1 Å². The molecule has 0 aliphatic carbocycles. The standard InChI is InChI=1S/C25H24N2O6/c1-3-25(30)17-10-19-22-13(11-27(19)23(28)16(17)12-32-24(25)29)9-15-14-5-8-21(31-4-2)33-20(14)7-6-18(15)26-22/h6-7,9-10,21,30H,3-5,8,11-12H2,1-2H3/t21?,25-/m0/s1. The number of carbonyl (C=O) groups excluding carboxylic acids is 1. The van der Waals surface area contributed by atoms with Crippen LogP contribution < -0.4 is 10.3 Å². The lowest BCUT2D eigenvalue weighted by Crippen LogP contribution is -2.44. The number of esters is 1. The fourth-order valence-corrected chi connectivity index (χ4v) is 5.23. The molecule has 8 heteroatoms. The molecular weight excluding hydrogens is 424 g/mol. The van der Waals surface area contributed by atoms with Crippen molar-refractivity contribution in [1.82, 2.24) is 9.55 Å². The number of cyclic esters (lactones) is 1. The van der Waals surface area contributed by atoms with Gasteiger partial charge in [-0.25, -0.2) is 9.78 Å². The molecule has 170 valence electrons. The maximum absolute atomic E-state index is 13.3. The molecule has 6 rings (SSSR count). The van der Waals surface area contributed by atoms with E-state index in [1.165, 1.54) is 0 Å². The predicted octanol–water partition coefficient (Wildman–Crippen LogP) is 2.77. The van der Waals surface area contributed by atoms with Crippen molar-refractivity contribution >= 4 is 16.9 Å². The number of aliphatic hydroxyl groups is 1. The lowest BCUT2D eigenvalue weighted by molar-refractivity contribution is -0.172. The van der Waals surface area contributed by atoms with E-state index in [1.54, 1.807) is 17.6 Å². The van der Waals surface area contributed by atoms with Gasteiger partial charge >= 0.3 is 5.97 Å². The second-order valence-electron chi connectivity index (χ2n) is 8.75. The van der Waals surface area contributed by atoms with Crippen LogP contribution in [0.25, 0.3) is 22.3 Å². The molecule has 0 saturated carbocycles. The first-order valence-corrected chi connectivity index (χ1v) is 11.4. The number of benzene rings is 1. The van der Waals surface area contributed by atoms with E-state index in [0.717, 1.165) is 40.6 Å². The molecule has 0 fully saturated rings. The molecule has 3 aromatic rings. The average Bonchev–Trinajstić information content (AvgIpc) is 3.18. The molecule has 0 spiro atoms. The van der Waals surface area contributed by atoms with Crippen molar-refractivity contribution in [3.63, 3.8) is 0 Å². The highest BCUT2D eigenvalue weighted by Crippen LogP contribution is 2.40. The number of hydrogen-bond donors (Lipinski definition) is 1. The summed E-state index contributed by atoms with van der Waals surface area (Å²) in [6, 6.07) is 7.66. The second kappa shape index (κ2) is 7.13. The maximum Gasteiger partial charge on any atom is 0.343 e. The summed E-state index contributed by atoms with van der Waals surface area (Å²) >= 11 is 0. The average molecular weight is 448 g/mol. The molecule has 1 N–H and O–H groups in total. The van der Waals surface area contributed by atoms with E-state index in [2.05, 4.69) is 6.07 Å². The van der Waals surface area contributed by atoms with Crippen LogP contribution in [0.3, 0.4) is 0 Å². The molecule has 2 aromatic heterocycles. The monoisotopic (exact) mass is 448 g/mol. The number of nitrogens with zero attached hydrogens (tertiary/aromatic N) is 2. The van der Waals surface area contributed by atoms with Crippen molar-refractivity contribution in [2.75, 3.05) is 6.61 Å². The van der Waals surface area contributed by atoms with Gasteiger partial charge in [0.1, 0.15) is 12.4 Å². The second-order valence-corrected chi connectivity index (χ2v) is 8.75. The molecule has 0 amide bonds. The highest BCUT2D eigenvalue weighted by molar-refractivity contribution is 5.89. The fraction of sp³-hybridized carbons (Fsp3) is 0.400. The van der Waals surface area contributed by atoms with Gasteiger partial charge < -0.3 is 23.9 Å². The fourth-order valence-electron chi connectivity index (χ4n) is 5.23. The number of aryl methyl sites for hydroxylation is 1. The van der Waals surface area contributed by atoms with Crippen LogP contribution in [-0.2, 0) is 39.4 Å². The SMILES string of the molecule is CCOC1CCc2c(ccc3nc4c(cc23)Cn2c-4cc3c(c2=O)COC(=O)[C@]3(O)CC)O1. The van der Waals surface area contributed by atoms with Gasteiger partial charge in [0.15, 0.2) is 11.9 Å². The highest BCUT2D eigenvalue weighted by Gasteiger charge is 2.45. The summed E-state index contributed by atoms with van der Waals surface area (Å²) < 4.78 is 18.4. The lowest BCUT2D eigenvalue weighted by Gasteiger charge is -2.31. The Balaban J connectivity index is 1.50. The number of pyridine rings is 2. The minimum absolute atomic E-state index is 0.120. The highest BCUT2D eigenvalue weighted by atomic mass is 16.7. The normalized spacial score (nSPS) is 22.8. The van der Waals surface area contributed by atoms with Crippen LogP contribution in [-0.4, -0.2) is 33.5 Å². The minimum Gasteiger partial charge on any atom is -0.465 e. The Morgan fingerprint density at radius 1 is 1.24 bits per heavy atom. The van der Waals surface area contributed by atoms with Crippen LogP contribution in [0.4, 0.5) is 0 Å². The van der Waals surface area contributed by atoms with Gasteiger partial charge in [0.05, 0.1) is 29.0 Å². The van der Waals surface area contributed by atoms with Crippen molar-refractivity contribution in [3.05, 3.63) is 56.9 Å². The minimum atomic E-state index is -1.82. The molecule has 0 saturated heterocycles. The van der Waals surface area contributed by atoms with Crippen molar-refractivity contribution in [1.29, 1.82) is 0 Å². The van der Waals surface area contributed by atoms with Crippen LogP contribution >= 0.6 is 0 Å². The predicted molar refractivity (Wildman–Crippen MR) is 119 cm³/mol. The van der Waals surface area contributed by atoms with E-state index in [4.69, 9.17) is 19.2 Å². The first kappa shape index (κ1) is 20.4. The molecule has 8 nitrogen and oxygen atoms in total. The van der Waals surface area contributed by atoms with Crippen LogP contribution in [0, 0.1) is 0 Å². The van der Waals surface area contributed by atoms with Gasteiger partial charge in [0.2, 0.25) is 0 Å². The van der Waals surface area contributed by atoms with E-state index >= 15 is 0 Å². The van der Waals surface area contributed by atoms with Crippen molar-refractivity contribution in [2.24, 2.45) is 0 Å². The molecule has 5 heterocycles. The number of carbonyl (C=O) groups is 1. The maximum atomic E-state index is 13.3. The van der Waals surface area contributed by atoms with E-state index < -0.39 is 11.6 Å². The third-order valence-corrected chi connectivity index (χ3v) is 7.00. The molecule has 2 atom stereocenters. The van der Waals surface area contributed by atoms with E-state index in [9.17, 15) is 14.7 Å². The van der Waals surface area contributed by atoms with Crippen LogP contribution in [0.1, 0.15) is 48.9 Å². The largest absolute Gasteiger partial charge is 0.465 e. The van der Waals surface area contributed by atoms with Gasteiger partial charge in [0.25, 0.3) is 5.56 Å². The molecule has 1 aromatic carbocycles. The summed E-state index contributed by atoms with van der Waals surface area (Å²) in [4.78, 5) is 30.5. The smallest absolute Gasteiger partial charge is 0.343 e. The quantitative estimate of drug-likeness (QED) is 0.481. The topological polar surface area (TPSA) is 99.9 Å². The van der Waals surface area contributed by atoms with E-state index in [1.807, 2.05) is 19.1 Å².